The first-order valence-electron chi connectivity index (χ1n) is 12.3. The minimum absolute atomic E-state index is 0. The van der Waals surface area contributed by atoms with Crippen LogP contribution in [0.25, 0.3) is 22.0 Å². The minimum atomic E-state index is 0. The van der Waals surface area contributed by atoms with E-state index in [-0.39, 0.29) is 12.4 Å². The third-order valence-corrected chi connectivity index (χ3v) is 6.72. The van der Waals surface area contributed by atoms with Gasteiger partial charge in [0.05, 0.1) is 0 Å². The Morgan fingerprint density at radius 3 is 2.44 bits per heavy atom. The highest BCUT2D eigenvalue weighted by atomic mass is 35.5. The van der Waals surface area contributed by atoms with Crippen molar-refractivity contribution < 1.29 is 4.52 Å². The van der Waals surface area contributed by atoms with E-state index < -0.39 is 0 Å². The molecule has 1 aromatic heterocycles. The number of likely N-dealkylation sites (tertiary alicyclic amines) is 1. The molecule has 0 unspecified atom stereocenters. The first-order valence-corrected chi connectivity index (χ1v) is 12.3. The highest BCUT2D eigenvalue weighted by Gasteiger charge is 2.16. The molecule has 0 atom stereocenters. The lowest BCUT2D eigenvalue weighted by Crippen LogP contribution is -2.31. The fourth-order valence-electron chi connectivity index (χ4n) is 4.88. The Bertz CT molecular complexity index is 1150. The predicted molar refractivity (Wildman–Crippen MR) is 144 cm³/mol. The molecule has 4 aromatic rings. The van der Waals surface area contributed by atoms with Crippen LogP contribution in [0.15, 0.2) is 83.4 Å². The standard InChI is InChI=1S/C29H33N3O.ClH/c1-3-13-25(14-4-1)28-22-29(33-30-28)32(21-10-9-20-31-18-7-2-8-19-31)23-26-16-11-15-24-12-5-6-17-27(24)26;/h1,3-6,11-17,22H,2,7-10,18-21,23H2;1H. The second-order valence-corrected chi connectivity index (χ2v) is 9.09. The lowest BCUT2D eigenvalue weighted by molar-refractivity contribution is 0.225. The van der Waals surface area contributed by atoms with Gasteiger partial charge in [0.1, 0.15) is 5.69 Å². The van der Waals surface area contributed by atoms with Crippen LogP contribution in [-0.4, -0.2) is 36.2 Å². The van der Waals surface area contributed by atoms with Crippen molar-refractivity contribution >= 4 is 29.1 Å². The molecule has 5 rings (SSSR count). The quantitative estimate of drug-likeness (QED) is 0.240. The molecule has 2 heterocycles. The fourth-order valence-corrected chi connectivity index (χ4v) is 4.88. The zero-order valence-electron chi connectivity index (χ0n) is 19.7. The van der Waals surface area contributed by atoms with E-state index in [4.69, 9.17) is 4.52 Å². The minimum Gasteiger partial charge on any atom is -0.338 e. The molecule has 34 heavy (non-hydrogen) atoms. The van der Waals surface area contributed by atoms with Gasteiger partial charge < -0.3 is 14.3 Å². The maximum absolute atomic E-state index is 5.88. The lowest BCUT2D eigenvalue weighted by Gasteiger charge is -2.27. The molecule has 0 bridgehead atoms. The van der Waals surface area contributed by atoms with E-state index in [0.717, 1.165) is 36.7 Å². The number of piperidine rings is 1. The Kier molecular flexibility index (Phi) is 8.62. The van der Waals surface area contributed by atoms with Gasteiger partial charge in [-0.15, -0.1) is 12.4 Å². The van der Waals surface area contributed by atoms with Crippen molar-refractivity contribution in [3.05, 3.63) is 84.4 Å². The molecule has 1 saturated heterocycles. The third kappa shape index (κ3) is 5.99. The summed E-state index contributed by atoms with van der Waals surface area (Å²) in [6.45, 7) is 5.51. The zero-order valence-corrected chi connectivity index (χ0v) is 20.6. The van der Waals surface area contributed by atoms with Gasteiger partial charge in [-0.25, -0.2) is 0 Å². The Hall–Kier alpha value is -2.82. The Balaban J connectivity index is 0.00000274. The van der Waals surface area contributed by atoms with E-state index in [0.29, 0.717) is 0 Å². The van der Waals surface area contributed by atoms with Gasteiger partial charge in [-0.1, -0.05) is 84.4 Å². The number of unbranched alkanes of at least 4 members (excludes halogenated alkanes) is 1. The number of hydrogen-bond donors (Lipinski definition) is 0. The Labute approximate surface area is 209 Å². The smallest absolute Gasteiger partial charge is 0.228 e. The summed E-state index contributed by atoms with van der Waals surface area (Å²) < 4.78 is 5.88. The highest BCUT2D eigenvalue weighted by molar-refractivity contribution is 5.86. The van der Waals surface area contributed by atoms with Crippen molar-refractivity contribution in [1.29, 1.82) is 0 Å². The number of aromatic nitrogens is 1. The van der Waals surface area contributed by atoms with Gasteiger partial charge in [0.15, 0.2) is 0 Å². The molecular formula is C29H34ClN3O. The summed E-state index contributed by atoms with van der Waals surface area (Å²) in [5.41, 5.74) is 3.30. The van der Waals surface area contributed by atoms with Crippen LogP contribution in [0.1, 0.15) is 37.7 Å². The van der Waals surface area contributed by atoms with E-state index in [9.17, 15) is 0 Å². The molecule has 1 aliphatic heterocycles. The molecule has 0 saturated carbocycles. The van der Waals surface area contributed by atoms with Crippen LogP contribution in [0.5, 0.6) is 0 Å². The Morgan fingerprint density at radius 2 is 1.59 bits per heavy atom. The van der Waals surface area contributed by atoms with Gasteiger partial charge in [0.2, 0.25) is 5.88 Å². The SMILES string of the molecule is Cl.c1ccc(-c2cc(N(CCCCN3CCCCC3)Cc3cccc4ccccc34)on2)cc1. The number of hydrogen-bond acceptors (Lipinski definition) is 4. The van der Waals surface area contributed by atoms with Crippen LogP contribution < -0.4 is 4.90 Å². The highest BCUT2D eigenvalue weighted by Crippen LogP contribution is 2.27. The Morgan fingerprint density at radius 1 is 0.824 bits per heavy atom. The summed E-state index contributed by atoms with van der Waals surface area (Å²) in [5.74, 6) is 0.847. The van der Waals surface area contributed by atoms with Gasteiger partial charge in [-0.3, -0.25) is 0 Å². The molecule has 0 N–H and O–H groups in total. The first kappa shape index (κ1) is 24.3. The van der Waals surface area contributed by atoms with Gasteiger partial charge in [0.25, 0.3) is 0 Å². The lowest BCUT2D eigenvalue weighted by atomic mass is 10.0. The first-order chi connectivity index (χ1) is 16.4. The number of nitrogens with zero attached hydrogens (tertiary/aromatic N) is 3. The van der Waals surface area contributed by atoms with Crippen molar-refractivity contribution in [2.75, 3.05) is 31.1 Å². The molecule has 0 amide bonds. The summed E-state index contributed by atoms with van der Waals surface area (Å²) >= 11 is 0. The summed E-state index contributed by atoms with van der Waals surface area (Å²) in [5, 5.41) is 6.97. The maximum Gasteiger partial charge on any atom is 0.228 e. The predicted octanol–water partition coefficient (Wildman–Crippen LogP) is 7.19. The number of fused-ring (bicyclic) bond motifs is 1. The molecule has 3 aromatic carbocycles. The van der Waals surface area contributed by atoms with Crippen molar-refractivity contribution in [1.82, 2.24) is 10.1 Å². The number of halogens is 1. The molecule has 0 radical (unpaired) electrons. The van der Waals surface area contributed by atoms with E-state index in [1.54, 1.807) is 0 Å². The van der Waals surface area contributed by atoms with Gasteiger partial charge in [-0.2, -0.15) is 0 Å². The van der Waals surface area contributed by atoms with E-state index >= 15 is 0 Å². The van der Waals surface area contributed by atoms with Crippen LogP contribution in [0.3, 0.4) is 0 Å². The maximum atomic E-state index is 5.88. The topological polar surface area (TPSA) is 32.5 Å². The monoisotopic (exact) mass is 475 g/mol. The molecule has 1 fully saturated rings. The van der Waals surface area contributed by atoms with E-state index in [2.05, 4.69) is 75.6 Å². The van der Waals surface area contributed by atoms with Gasteiger partial charge >= 0.3 is 0 Å². The molecular weight excluding hydrogens is 442 g/mol. The van der Waals surface area contributed by atoms with Crippen LogP contribution in [0.2, 0.25) is 0 Å². The van der Waals surface area contributed by atoms with Crippen molar-refractivity contribution in [3.63, 3.8) is 0 Å². The fraction of sp³-hybridized carbons (Fsp3) is 0.345. The normalized spacial score (nSPS) is 14.1. The summed E-state index contributed by atoms with van der Waals surface area (Å²) in [6, 6.07) is 27.6. The number of benzene rings is 3. The summed E-state index contributed by atoms with van der Waals surface area (Å²) in [7, 11) is 0. The van der Waals surface area contributed by atoms with Crippen LogP contribution in [0, 0.1) is 0 Å². The molecule has 0 aliphatic carbocycles. The summed E-state index contributed by atoms with van der Waals surface area (Å²) in [4.78, 5) is 4.98. The van der Waals surface area contributed by atoms with Gasteiger partial charge in [-0.05, 0) is 61.7 Å². The number of rotatable bonds is 9. The summed E-state index contributed by atoms with van der Waals surface area (Å²) in [6.07, 6.45) is 6.46. The molecule has 0 spiro atoms. The molecule has 4 nitrogen and oxygen atoms in total. The molecule has 5 heteroatoms. The average molecular weight is 476 g/mol. The molecule has 178 valence electrons. The second kappa shape index (κ2) is 12.0. The zero-order chi connectivity index (χ0) is 22.3. The van der Waals surface area contributed by atoms with Crippen LogP contribution in [-0.2, 0) is 6.54 Å². The third-order valence-electron chi connectivity index (χ3n) is 6.72. The van der Waals surface area contributed by atoms with E-state index in [1.807, 2.05) is 18.2 Å². The molecule has 1 aliphatic rings. The van der Waals surface area contributed by atoms with Crippen LogP contribution in [0.4, 0.5) is 5.88 Å². The van der Waals surface area contributed by atoms with Crippen molar-refractivity contribution in [2.45, 2.75) is 38.6 Å². The largest absolute Gasteiger partial charge is 0.338 e. The average Bonchev–Trinajstić information content (AvgIpc) is 3.37. The van der Waals surface area contributed by atoms with Gasteiger partial charge in [0, 0.05) is 24.7 Å². The van der Waals surface area contributed by atoms with Crippen LogP contribution >= 0.6 is 12.4 Å². The van der Waals surface area contributed by atoms with E-state index in [1.165, 1.54) is 61.7 Å². The van der Waals surface area contributed by atoms with Crippen molar-refractivity contribution in [3.8, 4) is 11.3 Å². The second-order valence-electron chi connectivity index (χ2n) is 9.09. The van der Waals surface area contributed by atoms with Crippen molar-refractivity contribution in [2.24, 2.45) is 0 Å². The number of anilines is 1.